The number of likely N-dealkylation sites (tertiary alicyclic amines) is 1. The quantitative estimate of drug-likeness (QED) is 0.154. The maximum atomic E-state index is 14.5. The summed E-state index contributed by atoms with van der Waals surface area (Å²) in [5.41, 5.74) is 5.19. The van der Waals surface area contributed by atoms with Crippen molar-refractivity contribution in [3.8, 4) is 0 Å². The monoisotopic (exact) mass is 762 g/mol. The first kappa shape index (κ1) is 34.0. The third kappa shape index (κ3) is 7.12. The van der Waals surface area contributed by atoms with Crippen molar-refractivity contribution in [2.45, 2.75) is 119 Å². The number of carbonyl (C=O) groups is 5. The third-order valence-electron chi connectivity index (χ3n) is 10.8. The Hall–Kier alpha value is -2.90. The van der Waals surface area contributed by atoms with Crippen molar-refractivity contribution < 1.29 is 24.0 Å². The molecule has 5 N–H and O–H groups in total. The summed E-state index contributed by atoms with van der Waals surface area (Å²) in [4.78, 5) is 73.3. The zero-order valence-electron chi connectivity index (χ0n) is 28.0. The molecule has 47 heavy (non-hydrogen) atoms. The summed E-state index contributed by atoms with van der Waals surface area (Å²) >= 11 is -2.29. The van der Waals surface area contributed by atoms with Crippen molar-refractivity contribution in [1.82, 2.24) is 25.8 Å². The fourth-order valence-electron chi connectivity index (χ4n) is 8.12. The number of nitrogens with zero attached hydrogens (tertiary/aromatic N) is 2. The second kappa shape index (κ2) is 13.2. The van der Waals surface area contributed by atoms with Gasteiger partial charge in [0, 0.05) is 6.20 Å². The summed E-state index contributed by atoms with van der Waals surface area (Å²) in [6, 6.07) is 2.83. The molecule has 3 aliphatic heterocycles. The minimum absolute atomic E-state index is 0.0944. The maximum absolute atomic E-state index is 14.5. The van der Waals surface area contributed by atoms with Crippen LogP contribution >= 0.6 is 18.0 Å². The van der Waals surface area contributed by atoms with Gasteiger partial charge in [0.2, 0.25) is 0 Å². The first-order valence-electron chi connectivity index (χ1n) is 17.3. The molecule has 5 aliphatic rings. The van der Waals surface area contributed by atoms with E-state index in [2.05, 4.69) is 20.9 Å². The molecular weight excluding hydrogens is 711 g/mol. The number of halogens is 1. The molecular formula is C35H51IN6O5. The SMILES string of the molecule is CC(C)(C)[C@H](NC(=O)NC1(Cc2ccccn2)CCCCC1)C(=O)N1CC2=I3(CCCC3)[C@@H]2[C@H]1C(=O)NC(CC1CC1)C(=O)C(N)=O. The number of fused-ring (bicyclic) bond motifs is 2. The zero-order chi connectivity index (χ0) is 33.6. The van der Waals surface area contributed by atoms with Crippen LogP contribution in [0.15, 0.2) is 24.4 Å². The van der Waals surface area contributed by atoms with Crippen LogP contribution in [0.1, 0.15) is 90.7 Å². The van der Waals surface area contributed by atoms with E-state index in [1.165, 1.54) is 12.4 Å². The number of hydrogen-bond acceptors (Lipinski definition) is 6. The van der Waals surface area contributed by atoms with Gasteiger partial charge in [-0.05, 0) is 6.07 Å². The van der Waals surface area contributed by atoms with Crippen molar-refractivity contribution in [1.29, 1.82) is 0 Å². The van der Waals surface area contributed by atoms with E-state index in [9.17, 15) is 24.0 Å². The van der Waals surface area contributed by atoms with Gasteiger partial charge >= 0.3 is 264 Å². The Bertz CT molecular complexity index is 1470. The Morgan fingerprint density at radius 3 is 2.32 bits per heavy atom. The van der Waals surface area contributed by atoms with Crippen molar-refractivity contribution >= 4 is 51.0 Å². The summed E-state index contributed by atoms with van der Waals surface area (Å²) in [5.74, 6) is -2.22. The number of nitrogens with two attached hydrogens (primary N) is 1. The first-order valence-corrected chi connectivity index (χ1v) is 22.7. The second-order valence-corrected chi connectivity index (χ2v) is 25.3. The molecule has 6 rings (SSSR count). The average molecular weight is 763 g/mol. The zero-order valence-corrected chi connectivity index (χ0v) is 30.1. The third-order valence-corrected chi connectivity index (χ3v) is 23.3. The van der Waals surface area contributed by atoms with Gasteiger partial charge < -0.3 is 0 Å². The Morgan fingerprint density at radius 1 is 1.02 bits per heavy atom. The molecule has 12 heteroatoms. The molecule has 4 atom stereocenters. The van der Waals surface area contributed by atoms with Crippen LogP contribution in [-0.2, 0) is 25.6 Å². The molecule has 258 valence electrons. The van der Waals surface area contributed by atoms with Crippen LogP contribution in [0.5, 0.6) is 0 Å². The summed E-state index contributed by atoms with van der Waals surface area (Å²) in [5, 5.41) is 9.21. The summed E-state index contributed by atoms with van der Waals surface area (Å²) < 4.78 is 3.84. The van der Waals surface area contributed by atoms with Gasteiger partial charge in [0.05, 0.1) is 0 Å². The predicted octanol–water partition coefficient (Wildman–Crippen LogP) is 2.98. The Morgan fingerprint density at radius 2 is 1.72 bits per heavy atom. The summed E-state index contributed by atoms with van der Waals surface area (Å²) in [7, 11) is 0. The average Bonchev–Trinajstić information content (AvgIpc) is 3.80. The number of ketones is 1. The van der Waals surface area contributed by atoms with E-state index in [0.29, 0.717) is 19.4 Å². The van der Waals surface area contributed by atoms with Gasteiger partial charge in [-0.1, -0.05) is 6.07 Å². The van der Waals surface area contributed by atoms with Crippen molar-refractivity contribution in [3.63, 3.8) is 0 Å². The van der Waals surface area contributed by atoms with E-state index in [4.69, 9.17) is 5.73 Å². The fraction of sp³-hybridized carbons (Fsp3) is 0.686. The standard InChI is InChI=1S/C35H51IN6O5/c1-34(2,3)29(40-33(47)41-35(14-6-4-7-15-35)20-23-11-5-10-18-38-23)32(46)42-21-24-26(36(24)16-8-9-17-36)27(42)31(45)39-25(19-22-12-13-22)28(43)30(37)44/h5,10-11,18,22,25-27,29H,4,6-9,12-17,19-21H2,1-3H3,(H2,37,44)(H,39,45)(H2,40,41,47)/t25?,26-,27-,29+/m0/s1. The Kier molecular flexibility index (Phi) is 9.54. The molecule has 4 heterocycles. The van der Waals surface area contributed by atoms with E-state index >= 15 is 0 Å². The van der Waals surface area contributed by atoms with Crippen LogP contribution in [0, 0.1) is 11.3 Å². The van der Waals surface area contributed by atoms with Gasteiger partial charge in [-0.2, -0.15) is 0 Å². The molecule has 1 unspecified atom stereocenters. The van der Waals surface area contributed by atoms with Crippen LogP contribution in [0.4, 0.5) is 4.79 Å². The molecule has 0 bridgehead atoms. The van der Waals surface area contributed by atoms with Gasteiger partial charge in [-0.25, -0.2) is 0 Å². The van der Waals surface area contributed by atoms with E-state index < -0.39 is 64.8 Å². The van der Waals surface area contributed by atoms with Gasteiger partial charge in [0.1, 0.15) is 0 Å². The van der Waals surface area contributed by atoms with Gasteiger partial charge in [-0.15, -0.1) is 0 Å². The van der Waals surface area contributed by atoms with Crippen LogP contribution < -0.4 is 21.7 Å². The summed E-state index contributed by atoms with van der Waals surface area (Å²) in [6.45, 7) is 6.21. The number of hydrogen-bond donors (Lipinski definition) is 4. The van der Waals surface area contributed by atoms with Gasteiger partial charge in [0.25, 0.3) is 0 Å². The molecule has 0 aromatic carbocycles. The predicted molar refractivity (Wildman–Crippen MR) is 189 cm³/mol. The van der Waals surface area contributed by atoms with E-state index in [0.717, 1.165) is 63.5 Å². The number of rotatable bonds is 11. The molecule has 1 aromatic rings. The molecule has 2 saturated heterocycles. The van der Waals surface area contributed by atoms with Crippen molar-refractivity contribution in [3.05, 3.63) is 30.1 Å². The topological polar surface area (TPSA) is 164 Å². The molecule has 4 fully saturated rings. The molecule has 5 amide bonds. The Labute approximate surface area is 281 Å². The van der Waals surface area contributed by atoms with Crippen LogP contribution in [0.2, 0.25) is 0 Å². The number of carbonyl (C=O) groups excluding carboxylic acids is 5. The van der Waals surface area contributed by atoms with Crippen molar-refractivity contribution in [2.75, 3.05) is 15.4 Å². The fourth-order valence-corrected chi connectivity index (χ4v) is 23.2. The molecule has 11 nitrogen and oxygen atoms in total. The van der Waals surface area contributed by atoms with Gasteiger partial charge in [0.15, 0.2) is 0 Å². The number of primary amides is 1. The molecule has 2 saturated carbocycles. The minimum atomic E-state index is -2.29. The number of urea groups is 1. The Balaban J connectivity index is 1.22. The number of amides is 5. The van der Waals surface area contributed by atoms with E-state index in [1.54, 1.807) is 11.1 Å². The number of alkyl halides is 3. The van der Waals surface area contributed by atoms with Gasteiger partial charge in [-0.3, -0.25) is 0 Å². The van der Waals surface area contributed by atoms with Crippen molar-refractivity contribution in [2.24, 2.45) is 17.1 Å². The number of nitrogens with one attached hydrogen (secondary N) is 3. The van der Waals surface area contributed by atoms with E-state index in [1.807, 2.05) is 39.0 Å². The van der Waals surface area contributed by atoms with Crippen LogP contribution in [0.25, 0.3) is 0 Å². The number of pyridine rings is 1. The second-order valence-electron chi connectivity index (χ2n) is 15.4. The molecule has 2 aliphatic carbocycles. The molecule has 1 spiro atoms. The molecule has 0 radical (unpaired) electrons. The van der Waals surface area contributed by atoms with E-state index in [-0.39, 0.29) is 21.7 Å². The van der Waals surface area contributed by atoms with Crippen LogP contribution in [-0.4, -0.2) is 85.9 Å². The number of aromatic nitrogens is 1. The first-order chi connectivity index (χ1) is 22.3. The summed E-state index contributed by atoms with van der Waals surface area (Å²) in [6.07, 6.45) is 11.8. The normalized spacial score (nSPS) is 26.1. The molecule has 1 aromatic heterocycles. The van der Waals surface area contributed by atoms with Crippen LogP contribution in [0.3, 0.4) is 0 Å². The number of Topliss-reactive ketones (excluding diaryl/α,β-unsaturated/α-hetero) is 1.